The van der Waals surface area contributed by atoms with Gasteiger partial charge in [-0.25, -0.2) is 4.98 Å². The van der Waals surface area contributed by atoms with Crippen LogP contribution in [0.25, 0.3) is 0 Å². The minimum absolute atomic E-state index is 0.0797. The summed E-state index contributed by atoms with van der Waals surface area (Å²) in [6, 6.07) is 15.5. The summed E-state index contributed by atoms with van der Waals surface area (Å²) in [5.74, 6) is 0.0914. The van der Waals surface area contributed by atoms with Crippen molar-refractivity contribution in [3.63, 3.8) is 0 Å². The Kier molecular flexibility index (Phi) is 7.43. The van der Waals surface area contributed by atoms with Crippen molar-refractivity contribution in [2.24, 2.45) is 0 Å². The predicted molar refractivity (Wildman–Crippen MR) is 121 cm³/mol. The van der Waals surface area contributed by atoms with Gasteiger partial charge in [0.25, 0.3) is 0 Å². The van der Waals surface area contributed by atoms with Crippen molar-refractivity contribution in [3.8, 4) is 0 Å². The van der Waals surface area contributed by atoms with Crippen LogP contribution in [0.1, 0.15) is 23.7 Å². The van der Waals surface area contributed by atoms with Gasteiger partial charge in [-0.3, -0.25) is 9.59 Å². The molecule has 150 valence electrons. The number of benzene rings is 2. The molecule has 0 aliphatic rings. The minimum Gasteiger partial charge on any atom is -0.326 e. The van der Waals surface area contributed by atoms with Crippen LogP contribution in [0.15, 0.2) is 58.3 Å². The molecule has 0 bridgehead atoms. The molecule has 0 fully saturated rings. The molecule has 2 amide bonds. The molecule has 0 aliphatic carbocycles. The number of carbonyl (C=O) groups excluding carboxylic acids is 2. The first kappa shape index (κ1) is 21.1. The third-order valence-corrected chi connectivity index (χ3v) is 6.25. The Hall–Kier alpha value is -2.64. The lowest BCUT2D eigenvalue weighted by atomic mass is 10.1. The fourth-order valence-electron chi connectivity index (χ4n) is 2.59. The number of aryl methyl sites for hydroxylation is 2. The summed E-state index contributed by atoms with van der Waals surface area (Å²) in [7, 11) is 0. The van der Waals surface area contributed by atoms with Gasteiger partial charge in [-0.1, -0.05) is 48.5 Å². The van der Waals surface area contributed by atoms with Crippen LogP contribution in [0.4, 0.5) is 11.4 Å². The highest BCUT2D eigenvalue weighted by atomic mass is 32.2. The topological polar surface area (TPSA) is 71.1 Å². The number of hydrogen-bond acceptors (Lipinski definition) is 5. The normalized spacial score (nSPS) is 10.6. The third-order valence-electron chi connectivity index (χ3n) is 4.18. The molecule has 0 aliphatic heterocycles. The molecular formula is C22H23N3O2S2. The van der Waals surface area contributed by atoms with E-state index in [1.54, 1.807) is 0 Å². The molecule has 2 N–H and O–H groups in total. The second kappa shape index (κ2) is 10.2. The fraction of sp³-hybridized carbons (Fsp3) is 0.227. The summed E-state index contributed by atoms with van der Waals surface area (Å²) in [6.07, 6.45) is 1.18. The zero-order valence-electron chi connectivity index (χ0n) is 16.4. The van der Waals surface area contributed by atoms with Crippen LogP contribution >= 0.6 is 23.1 Å². The molecule has 1 aromatic heterocycles. The molecule has 3 rings (SSSR count). The van der Waals surface area contributed by atoms with E-state index in [1.165, 1.54) is 28.7 Å². The van der Waals surface area contributed by atoms with Crippen molar-refractivity contribution in [1.82, 2.24) is 4.98 Å². The Morgan fingerprint density at radius 3 is 2.24 bits per heavy atom. The minimum atomic E-state index is -0.104. The van der Waals surface area contributed by atoms with Gasteiger partial charge in [0.1, 0.15) is 0 Å². The fourth-order valence-corrected chi connectivity index (χ4v) is 4.24. The van der Waals surface area contributed by atoms with E-state index in [9.17, 15) is 9.59 Å². The van der Waals surface area contributed by atoms with Gasteiger partial charge in [0.2, 0.25) is 11.8 Å². The van der Waals surface area contributed by atoms with Crippen molar-refractivity contribution in [3.05, 3.63) is 70.7 Å². The molecule has 1 heterocycles. The molecule has 0 atom stereocenters. The molecule has 0 unspecified atom stereocenters. The maximum absolute atomic E-state index is 12.2. The first-order chi connectivity index (χ1) is 14.0. The largest absolute Gasteiger partial charge is 0.326 e. The van der Waals surface area contributed by atoms with Gasteiger partial charge in [-0.15, -0.1) is 11.3 Å². The number of amides is 2. The van der Waals surface area contributed by atoms with Crippen molar-refractivity contribution in [1.29, 1.82) is 0 Å². The van der Waals surface area contributed by atoms with E-state index in [0.29, 0.717) is 5.69 Å². The maximum atomic E-state index is 12.2. The molecule has 0 spiro atoms. The van der Waals surface area contributed by atoms with Crippen LogP contribution in [0.5, 0.6) is 0 Å². The van der Waals surface area contributed by atoms with E-state index in [2.05, 4.69) is 22.5 Å². The molecule has 0 saturated heterocycles. The van der Waals surface area contributed by atoms with Crippen molar-refractivity contribution >= 4 is 46.3 Å². The zero-order valence-corrected chi connectivity index (χ0v) is 18.0. The molecule has 2 aromatic carbocycles. The predicted octanol–water partition coefficient (Wildman–Crippen LogP) is 4.93. The van der Waals surface area contributed by atoms with Gasteiger partial charge >= 0.3 is 0 Å². The standard InChI is InChI=1S/C22H23N3O2S2/c1-3-16-6-10-18(11-7-16)23-20(26)12-19-13-28-22(25-19)29-14-21(27)24-17-8-4-15(2)5-9-17/h4-11,13H,3,12,14H2,1-2H3,(H,23,26)(H,24,27). The van der Waals surface area contributed by atoms with Crippen LogP contribution in [0.3, 0.4) is 0 Å². The van der Waals surface area contributed by atoms with Gasteiger partial charge in [0.15, 0.2) is 4.34 Å². The van der Waals surface area contributed by atoms with Crippen LogP contribution in [0.2, 0.25) is 0 Å². The maximum Gasteiger partial charge on any atom is 0.234 e. The lowest BCUT2D eigenvalue weighted by Gasteiger charge is -2.05. The molecule has 7 heteroatoms. The number of aromatic nitrogens is 1. The number of hydrogen-bond donors (Lipinski definition) is 2. The third kappa shape index (κ3) is 6.73. The van der Waals surface area contributed by atoms with Crippen molar-refractivity contribution in [2.45, 2.75) is 31.0 Å². The summed E-state index contributed by atoms with van der Waals surface area (Å²) >= 11 is 2.82. The van der Waals surface area contributed by atoms with E-state index in [-0.39, 0.29) is 24.0 Å². The first-order valence-corrected chi connectivity index (χ1v) is 11.2. The molecular weight excluding hydrogens is 402 g/mol. The van der Waals surface area contributed by atoms with E-state index in [4.69, 9.17) is 0 Å². The van der Waals surface area contributed by atoms with E-state index < -0.39 is 0 Å². The zero-order chi connectivity index (χ0) is 20.6. The van der Waals surface area contributed by atoms with Gasteiger partial charge < -0.3 is 10.6 Å². The van der Waals surface area contributed by atoms with Gasteiger partial charge in [0, 0.05) is 16.8 Å². The summed E-state index contributed by atoms with van der Waals surface area (Å²) < 4.78 is 0.777. The number of nitrogens with zero attached hydrogens (tertiary/aromatic N) is 1. The van der Waals surface area contributed by atoms with Crippen LogP contribution in [-0.4, -0.2) is 22.6 Å². The Morgan fingerprint density at radius 1 is 0.966 bits per heavy atom. The number of thiazole rings is 1. The number of nitrogens with one attached hydrogen (secondary N) is 2. The highest BCUT2D eigenvalue weighted by Crippen LogP contribution is 2.23. The average Bonchev–Trinajstić information content (AvgIpc) is 3.16. The first-order valence-electron chi connectivity index (χ1n) is 9.34. The van der Waals surface area contributed by atoms with E-state index >= 15 is 0 Å². The summed E-state index contributed by atoms with van der Waals surface area (Å²) in [6.45, 7) is 4.10. The number of rotatable bonds is 8. The van der Waals surface area contributed by atoms with Crippen molar-refractivity contribution in [2.75, 3.05) is 16.4 Å². The number of anilines is 2. The highest BCUT2D eigenvalue weighted by Gasteiger charge is 2.10. The van der Waals surface area contributed by atoms with E-state index in [1.807, 2.05) is 60.8 Å². The van der Waals surface area contributed by atoms with Crippen molar-refractivity contribution < 1.29 is 9.59 Å². The Bertz CT molecular complexity index is 966. The highest BCUT2D eigenvalue weighted by molar-refractivity contribution is 8.01. The molecule has 0 radical (unpaired) electrons. The summed E-state index contributed by atoms with van der Waals surface area (Å²) in [5.41, 5.74) is 4.65. The molecule has 29 heavy (non-hydrogen) atoms. The van der Waals surface area contributed by atoms with Crippen LogP contribution in [0, 0.1) is 6.92 Å². The SMILES string of the molecule is CCc1ccc(NC(=O)Cc2csc(SCC(=O)Nc3ccc(C)cc3)n2)cc1. The Labute approximate surface area is 179 Å². The van der Waals surface area contributed by atoms with Gasteiger partial charge in [-0.2, -0.15) is 0 Å². The lowest BCUT2D eigenvalue weighted by molar-refractivity contribution is -0.116. The number of carbonyl (C=O) groups is 2. The summed E-state index contributed by atoms with van der Waals surface area (Å²) in [5, 5.41) is 7.62. The van der Waals surface area contributed by atoms with Crippen LogP contribution in [-0.2, 0) is 22.4 Å². The Balaban J connectivity index is 1.45. The lowest BCUT2D eigenvalue weighted by Crippen LogP contribution is -2.14. The molecule has 3 aromatic rings. The van der Waals surface area contributed by atoms with Gasteiger partial charge in [0.05, 0.1) is 17.9 Å². The smallest absolute Gasteiger partial charge is 0.234 e. The quantitative estimate of drug-likeness (QED) is 0.502. The molecule has 0 saturated carbocycles. The van der Waals surface area contributed by atoms with Crippen LogP contribution < -0.4 is 10.6 Å². The Morgan fingerprint density at radius 2 is 1.59 bits per heavy atom. The van der Waals surface area contributed by atoms with E-state index in [0.717, 1.165) is 27.7 Å². The summed E-state index contributed by atoms with van der Waals surface area (Å²) in [4.78, 5) is 28.8. The number of thioether (sulfide) groups is 1. The average molecular weight is 426 g/mol. The second-order valence-corrected chi connectivity index (χ2v) is 8.66. The monoisotopic (exact) mass is 425 g/mol. The second-order valence-electron chi connectivity index (χ2n) is 6.58. The van der Waals surface area contributed by atoms with Gasteiger partial charge in [-0.05, 0) is 43.2 Å². The molecule has 5 nitrogen and oxygen atoms in total.